The number of hydrogen-bond donors (Lipinski definition) is 0. The lowest BCUT2D eigenvalue weighted by molar-refractivity contribution is 0.0775. The van der Waals surface area contributed by atoms with Crippen LogP contribution in [0, 0.1) is 11.2 Å². The number of benzene rings is 1. The topological polar surface area (TPSA) is 81.7 Å². The van der Waals surface area contributed by atoms with Crippen LogP contribution >= 0.6 is 11.9 Å². The number of nitrogens with zero attached hydrogens (tertiary/aromatic N) is 7. The molecule has 4 heterocycles. The van der Waals surface area contributed by atoms with Gasteiger partial charge in [0, 0.05) is 19.3 Å². The van der Waals surface area contributed by atoms with Crippen molar-refractivity contribution >= 4 is 23.8 Å². The quantitative estimate of drug-likeness (QED) is 0.262. The van der Waals surface area contributed by atoms with Crippen molar-refractivity contribution in [3.05, 3.63) is 89.4 Å². The van der Waals surface area contributed by atoms with E-state index in [2.05, 4.69) is 37.6 Å². The highest BCUT2D eigenvalue weighted by molar-refractivity contribution is 7.97. The van der Waals surface area contributed by atoms with Crippen LogP contribution in [0.4, 0.5) is 4.39 Å². The zero-order valence-corrected chi connectivity index (χ0v) is 21.2. The molecule has 0 amide bonds. The molecule has 10 heteroatoms. The number of ketones is 1. The van der Waals surface area contributed by atoms with E-state index in [4.69, 9.17) is 0 Å². The van der Waals surface area contributed by atoms with Crippen LogP contribution < -0.4 is 0 Å². The van der Waals surface area contributed by atoms with E-state index in [1.54, 1.807) is 47.3 Å². The lowest BCUT2D eigenvalue weighted by Crippen LogP contribution is -2.49. The molecule has 1 saturated heterocycles. The van der Waals surface area contributed by atoms with E-state index in [0.29, 0.717) is 18.7 Å². The summed E-state index contributed by atoms with van der Waals surface area (Å²) in [5.41, 5.74) is 3.48. The van der Waals surface area contributed by atoms with Gasteiger partial charge < -0.3 is 0 Å². The Balaban J connectivity index is 1.36. The maximum Gasteiger partial charge on any atom is 0.192 e. The average Bonchev–Trinajstić information content (AvgIpc) is 3.54. The highest BCUT2D eigenvalue weighted by atomic mass is 32.2. The fourth-order valence-corrected chi connectivity index (χ4v) is 6.14. The predicted octanol–water partition coefficient (Wildman–Crippen LogP) is 4.63. The Hall–Kier alpha value is -3.63. The second-order valence-electron chi connectivity index (χ2n) is 9.40. The summed E-state index contributed by atoms with van der Waals surface area (Å²) in [6.45, 7) is 4.17. The van der Waals surface area contributed by atoms with Crippen molar-refractivity contribution in [2.45, 2.75) is 37.8 Å². The lowest BCUT2D eigenvalue weighted by atomic mass is 9.65. The molecule has 1 atom stereocenters. The van der Waals surface area contributed by atoms with Gasteiger partial charge in [-0.1, -0.05) is 18.6 Å². The standard InChI is InChI=1S/C27H26FN7OS/c1-2-12-34-30-17-25(32-34)37-33-13-10-20-14-24-19(16-31-35(24)22-8-6-21(28)7-9-22)15-27(20,18-33)26(36)23-5-3-4-11-29-23/h3-9,11,14,16-17H,2,10,12-13,15,18H2,1H3. The molecule has 1 aliphatic heterocycles. The second-order valence-corrected chi connectivity index (χ2v) is 10.5. The summed E-state index contributed by atoms with van der Waals surface area (Å²) in [4.78, 5) is 20.2. The summed E-state index contributed by atoms with van der Waals surface area (Å²) in [5, 5.41) is 14.4. The van der Waals surface area contributed by atoms with Gasteiger partial charge in [-0.25, -0.2) is 13.4 Å². The van der Waals surface area contributed by atoms with Gasteiger partial charge in [0.2, 0.25) is 0 Å². The third kappa shape index (κ3) is 4.40. The Morgan fingerprint density at radius 2 is 2.00 bits per heavy atom. The summed E-state index contributed by atoms with van der Waals surface area (Å²) in [5.74, 6) is -0.276. The molecule has 0 saturated carbocycles. The molecule has 3 aromatic heterocycles. The Kier molecular flexibility index (Phi) is 6.21. The fraction of sp³-hybridized carbons (Fsp3) is 0.296. The number of halogens is 1. The van der Waals surface area contributed by atoms with Crippen molar-refractivity contribution in [3.8, 4) is 5.69 Å². The number of carbonyl (C=O) groups is 1. The van der Waals surface area contributed by atoms with Gasteiger partial charge in [-0.3, -0.25) is 9.78 Å². The van der Waals surface area contributed by atoms with Crippen molar-refractivity contribution in [3.63, 3.8) is 0 Å². The number of Topliss-reactive ketones (excluding diaryl/α,β-unsaturated/α-hetero) is 1. The number of aryl methyl sites for hydroxylation is 1. The largest absolute Gasteiger partial charge is 0.291 e. The Morgan fingerprint density at radius 1 is 1.14 bits per heavy atom. The fourth-order valence-electron chi connectivity index (χ4n) is 5.19. The monoisotopic (exact) mass is 515 g/mol. The van der Waals surface area contributed by atoms with Gasteiger partial charge in [0.05, 0.1) is 35.7 Å². The van der Waals surface area contributed by atoms with Crippen LogP contribution in [0.15, 0.2) is 71.7 Å². The number of rotatable bonds is 7. The molecule has 4 aromatic rings. The number of pyridine rings is 1. The van der Waals surface area contributed by atoms with E-state index in [1.807, 2.05) is 23.0 Å². The normalized spacial score (nSPS) is 19.2. The van der Waals surface area contributed by atoms with Gasteiger partial charge in [-0.05, 0) is 79.2 Å². The highest BCUT2D eigenvalue weighted by Crippen LogP contribution is 2.47. The molecule has 0 bridgehead atoms. The molecule has 0 spiro atoms. The minimum absolute atomic E-state index is 0.0134. The first-order chi connectivity index (χ1) is 18.1. The molecule has 1 aromatic carbocycles. The summed E-state index contributed by atoms with van der Waals surface area (Å²) >= 11 is 1.55. The van der Waals surface area contributed by atoms with Gasteiger partial charge in [-0.15, -0.1) is 5.10 Å². The first-order valence-electron chi connectivity index (χ1n) is 12.4. The van der Waals surface area contributed by atoms with Crippen LogP contribution in [0.3, 0.4) is 0 Å². The highest BCUT2D eigenvalue weighted by Gasteiger charge is 2.49. The van der Waals surface area contributed by atoms with Crippen molar-refractivity contribution < 1.29 is 9.18 Å². The number of hydrogen-bond acceptors (Lipinski definition) is 7. The molecule has 188 valence electrons. The molecule has 37 heavy (non-hydrogen) atoms. The zero-order valence-electron chi connectivity index (χ0n) is 20.4. The van der Waals surface area contributed by atoms with Gasteiger partial charge in [0.25, 0.3) is 0 Å². The molecule has 1 unspecified atom stereocenters. The number of fused-ring (bicyclic) bond motifs is 2. The first-order valence-corrected chi connectivity index (χ1v) is 13.2. The van der Waals surface area contributed by atoms with Crippen LogP contribution in [-0.2, 0) is 13.0 Å². The maximum atomic E-state index is 14.1. The third-order valence-electron chi connectivity index (χ3n) is 6.95. The number of aromatic nitrogens is 6. The smallest absolute Gasteiger partial charge is 0.192 e. The van der Waals surface area contributed by atoms with E-state index >= 15 is 0 Å². The SMILES string of the molecule is CCCn1ncc(SN2CCC3=Cc4c(cnn4-c4ccc(F)cc4)CC3(C(=O)c3ccccn3)C2)n1. The molecular weight excluding hydrogens is 489 g/mol. The Morgan fingerprint density at radius 3 is 2.78 bits per heavy atom. The van der Waals surface area contributed by atoms with Gasteiger partial charge >= 0.3 is 0 Å². The van der Waals surface area contributed by atoms with Gasteiger partial charge in [0.15, 0.2) is 10.8 Å². The minimum Gasteiger partial charge on any atom is -0.291 e. The average molecular weight is 516 g/mol. The van der Waals surface area contributed by atoms with Crippen molar-refractivity contribution in [1.82, 2.24) is 34.1 Å². The van der Waals surface area contributed by atoms with E-state index < -0.39 is 5.41 Å². The van der Waals surface area contributed by atoms with Crippen LogP contribution in [0.1, 0.15) is 41.5 Å². The molecule has 8 nitrogen and oxygen atoms in total. The van der Waals surface area contributed by atoms with E-state index in [-0.39, 0.29) is 11.6 Å². The zero-order chi connectivity index (χ0) is 25.4. The maximum absolute atomic E-state index is 14.1. The predicted molar refractivity (Wildman–Crippen MR) is 139 cm³/mol. The van der Waals surface area contributed by atoms with E-state index in [9.17, 15) is 9.18 Å². The van der Waals surface area contributed by atoms with Gasteiger partial charge in [0.1, 0.15) is 11.5 Å². The van der Waals surface area contributed by atoms with Crippen LogP contribution in [0.2, 0.25) is 0 Å². The lowest BCUT2D eigenvalue weighted by Gasteiger charge is -2.44. The summed E-state index contributed by atoms with van der Waals surface area (Å²) in [7, 11) is 0. The van der Waals surface area contributed by atoms with Crippen molar-refractivity contribution in [1.29, 1.82) is 0 Å². The van der Waals surface area contributed by atoms with E-state index in [0.717, 1.165) is 53.5 Å². The van der Waals surface area contributed by atoms with Crippen molar-refractivity contribution in [2.75, 3.05) is 13.1 Å². The number of piperidine rings is 1. The summed E-state index contributed by atoms with van der Waals surface area (Å²) in [6, 6.07) is 11.7. The molecule has 0 N–H and O–H groups in total. The minimum atomic E-state index is -0.761. The second kappa shape index (κ2) is 9.68. The third-order valence-corrected chi connectivity index (χ3v) is 7.89. The molecular formula is C27H26FN7OS. The van der Waals surface area contributed by atoms with Crippen LogP contribution in [0.25, 0.3) is 11.8 Å². The first kappa shape index (κ1) is 23.7. The molecule has 1 aliphatic carbocycles. The van der Waals surface area contributed by atoms with Crippen molar-refractivity contribution in [2.24, 2.45) is 5.41 Å². The summed E-state index contributed by atoms with van der Waals surface area (Å²) in [6.07, 6.45) is 9.58. The van der Waals surface area contributed by atoms with Crippen LogP contribution in [0.5, 0.6) is 0 Å². The molecule has 0 radical (unpaired) electrons. The van der Waals surface area contributed by atoms with E-state index in [1.165, 1.54) is 12.1 Å². The molecule has 2 aliphatic rings. The molecule has 1 fully saturated rings. The summed E-state index contributed by atoms with van der Waals surface area (Å²) < 4.78 is 17.6. The molecule has 6 rings (SSSR count). The Labute approximate surface area is 218 Å². The Bertz CT molecular complexity index is 1460. The number of carbonyl (C=O) groups excluding carboxylic acids is 1. The van der Waals surface area contributed by atoms with Crippen LogP contribution in [-0.4, -0.2) is 52.9 Å². The van der Waals surface area contributed by atoms with Gasteiger partial charge in [-0.2, -0.15) is 15.0 Å².